The largest absolute Gasteiger partial charge is 0.293 e. The van der Waals surface area contributed by atoms with E-state index in [1.54, 1.807) is 0 Å². The van der Waals surface area contributed by atoms with Crippen molar-refractivity contribution in [2.24, 2.45) is 5.92 Å². The number of carbonyl (C=O) groups is 1. The highest BCUT2D eigenvalue weighted by Gasteiger charge is 2.34. The normalized spacial score (nSPS) is 18.9. The Morgan fingerprint density at radius 1 is 1.16 bits per heavy atom. The molecule has 0 bridgehead atoms. The number of hydrogen-bond acceptors (Lipinski definition) is 2. The monoisotopic (exact) mass is 257 g/mol. The Morgan fingerprint density at radius 2 is 1.89 bits per heavy atom. The van der Waals surface area contributed by atoms with Crippen LogP contribution in [0.3, 0.4) is 0 Å². The van der Waals surface area contributed by atoms with E-state index in [2.05, 4.69) is 24.8 Å². The lowest BCUT2D eigenvalue weighted by molar-refractivity contribution is 0.0921. The molecule has 0 atom stereocenters. The maximum Gasteiger partial charge on any atom is 0.176 e. The van der Waals surface area contributed by atoms with E-state index in [1.165, 1.54) is 36.8 Å². The number of nitrogens with zero attached hydrogens (tertiary/aromatic N) is 1. The van der Waals surface area contributed by atoms with Gasteiger partial charge in [0.1, 0.15) is 0 Å². The molecule has 19 heavy (non-hydrogen) atoms. The fourth-order valence-electron chi connectivity index (χ4n) is 2.61. The van der Waals surface area contributed by atoms with Gasteiger partial charge in [-0.25, -0.2) is 0 Å². The van der Waals surface area contributed by atoms with Crippen molar-refractivity contribution in [1.82, 2.24) is 4.90 Å². The first-order valence-corrected chi connectivity index (χ1v) is 7.48. The van der Waals surface area contributed by atoms with Crippen molar-refractivity contribution in [3.63, 3.8) is 0 Å². The summed E-state index contributed by atoms with van der Waals surface area (Å²) in [4.78, 5) is 14.8. The molecule has 2 aliphatic rings. The lowest BCUT2D eigenvalue weighted by Crippen LogP contribution is -2.33. The van der Waals surface area contributed by atoms with Gasteiger partial charge in [-0.15, -0.1) is 0 Å². The highest BCUT2D eigenvalue weighted by molar-refractivity contribution is 5.97. The van der Waals surface area contributed by atoms with Gasteiger partial charge in [0.05, 0.1) is 6.54 Å². The summed E-state index contributed by atoms with van der Waals surface area (Å²) in [6.45, 7) is 5.92. The highest BCUT2D eigenvalue weighted by atomic mass is 16.1. The first kappa shape index (κ1) is 12.9. The van der Waals surface area contributed by atoms with Crippen molar-refractivity contribution in [1.29, 1.82) is 0 Å². The minimum atomic E-state index is 0.288. The molecule has 0 saturated heterocycles. The van der Waals surface area contributed by atoms with Crippen LogP contribution in [0.1, 0.15) is 47.2 Å². The zero-order valence-electron chi connectivity index (χ0n) is 12.0. The van der Waals surface area contributed by atoms with Gasteiger partial charge >= 0.3 is 0 Å². The van der Waals surface area contributed by atoms with Gasteiger partial charge in [-0.2, -0.15) is 0 Å². The molecule has 2 fully saturated rings. The summed E-state index contributed by atoms with van der Waals surface area (Å²) in [6.07, 6.45) is 5.29. The van der Waals surface area contributed by atoms with Crippen LogP contribution in [0.15, 0.2) is 18.2 Å². The van der Waals surface area contributed by atoms with Crippen LogP contribution in [-0.2, 0) is 0 Å². The minimum absolute atomic E-state index is 0.288. The number of carbonyl (C=O) groups excluding carboxylic acids is 1. The van der Waals surface area contributed by atoms with Crippen molar-refractivity contribution in [2.45, 2.75) is 45.6 Å². The van der Waals surface area contributed by atoms with Gasteiger partial charge < -0.3 is 0 Å². The van der Waals surface area contributed by atoms with Gasteiger partial charge in [-0.3, -0.25) is 9.69 Å². The molecular formula is C17H23NO. The topological polar surface area (TPSA) is 20.3 Å². The predicted molar refractivity (Wildman–Crippen MR) is 77.6 cm³/mol. The summed E-state index contributed by atoms with van der Waals surface area (Å²) >= 11 is 0. The molecule has 1 aromatic carbocycles. The van der Waals surface area contributed by atoms with Gasteiger partial charge in [0, 0.05) is 18.2 Å². The maximum absolute atomic E-state index is 12.4. The molecule has 0 radical (unpaired) electrons. The predicted octanol–water partition coefficient (Wildman–Crippen LogP) is 3.36. The van der Waals surface area contributed by atoms with Crippen molar-refractivity contribution < 1.29 is 4.79 Å². The van der Waals surface area contributed by atoms with Crippen LogP contribution in [0, 0.1) is 19.8 Å². The van der Waals surface area contributed by atoms with Crippen LogP contribution in [-0.4, -0.2) is 29.8 Å². The number of benzene rings is 1. The molecular weight excluding hydrogens is 234 g/mol. The molecule has 102 valence electrons. The van der Waals surface area contributed by atoms with Crippen LogP contribution < -0.4 is 0 Å². The highest BCUT2D eigenvalue weighted by Crippen LogP contribution is 2.34. The molecule has 0 amide bonds. The Balaban J connectivity index is 1.66. The first-order valence-electron chi connectivity index (χ1n) is 7.48. The minimum Gasteiger partial charge on any atom is -0.293 e. The third-order valence-corrected chi connectivity index (χ3v) is 4.43. The Kier molecular flexibility index (Phi) is 3.44. The fourth-order valence-corrected chi connectivity index (χ4v) is 2.61. The molecule has 0 heterocycles. The average molecular weight is 257 g/mol. The second-order valence-corrected chi connectivity index (χ2v) is 6.33. The molecule has 0 N–H and O–H groups in total. The summed E-state index contributed by atoms with van der Waals surface area (Å²) in [5.41, 5.74) is 3.35. The summed E-state index contributed by atoms with van der Waals surface area (Å²) in [6, 6.07) is 6.77. The standard InChI is InChI=1S/C17H23NO/c1-12-3-6-15(9-13(12)2)17(19)11-18(16-7-8-16)10-14-4-5-14/h3,6,9,14,16H,4-5,7-8,10-11H2,1-2H3. The number of aryl methyl sites for hydroxylation is 2. The summed E-state index contributed by atoms with van der Waals surface area (Å²) in [5.74, 6) is 1.16. The molecule has 2 heteroatoms. The third-order valence-electron chi connectivity index (χ3n) is 4.43. The van der Waals surface area contributed by atoms with Crippen molar-refractivity contribution in [2.75, 3.05) is 13.1 Å². The third kappa shape index (κ3) is 3.24. The molecule has 0 unspecified atom stereocenters. The molecule has 0 spiro atoms. The Hall–Kier alpha value is -1.15. The molecule has 3 rings (SSSR count). The smallest absolute Gasteiger partial charge is 0.176 e. The SMILES string of the molecule is Cc1ccc(C(=O)CN(CC2CC2)C2CC2)cc1C. The molecule has 2 aliphatic carbocycles. The molecule has 0 aliphatic heterocycles. The van der Waals surface area contributed by atoms with Crippen LogP contribution in [0.25, 0.3) is 0 Å². The first-order chi connectivity index (χ1) is 9.13. The van der Waals surface area contributed by atoms with E-state index < -0.39 is 0 Å². The van der Waals surface area contributed by atoms with Crippen molar-refractivity contribution >= 4 is 5.78 Å². The number of ketones is 1. The van der Waals surface area contributed by atoms with Crippen LogP contribution in [0.4, 0.5) is 0 Å². The lowest BCUT2D eigenvalue weighted by Gasteiger charge is -2.21. The van der Waals surface area contributed by atoms with Crippen molar-refractivity contribution in [3.8, 4) is 0 Å². The Morgan fingerprint density at radius 3 is 2.47 bits per heavy atom. The fraction of sp³-hybridized carbons (Fsp3) is 0.588. The number of Topliss-reactive ketones (excluding diaryl/α,β-unsaturated/α-hetero) is 1. The summed E-state index contributed by atoms with van der Waals surface area (Å²) in [5, 5.41) is 0. The van der Waals surface area contributed by atoms with E-state index in [9.17, 15) is 4.79 Å². The number of rotatable bonds is 6. The van der Waals surface area contributed by atoms with E-state index in [0.717, 1.165) is 18.0 Å². The van der Waals surface area contributed by atoms with Crippen LogP contribution in [0.2, 0.25) is 0 Å². The lowest BCUT2D eigenvalue weighted by atomic mass is 10.0. The second-order valence-electron chi connectivity index (χ2n) is 6.33. The van der Waals surface area contributed by atoms with E-state index in [-0.39, 0.29) is 5.78 Å². The van der Waals surface area contributed by atoms with Crippen LogP contribution >= 0.6 is 0 Å². The zero-order chi connectivity index (χ0) is 13.4. The average Bonchev–Trinajstić information content (AvgIpc) is 3.25. The van der Waals surface area contributed by atoms with E-state index in [1.807, 2.05) is 12.1 Å². The maximum atomic E-state index is 12.4. The van der Waals surface area contributed by atoms with Crippen molar-refractivity contribution in [3.05, 3.63) is 34.9 Å². The van der Waals surface area contributed by atoms with E-state index in [0.29, 0.717) is 12.6 Å². The van der Waals surface area contributed by atoms with Gasteiger partial charge in [0.2, 0.25) is 0 Å². The van der Waals surface area contributed by atoms with Gasteiger partial charge in [0.15, 0.2) is 5.78 Å². The second kappa shape index (κ2) is 5.09. The van der Waals surface area contributed by atoms with Crippen LogP contribution in [0.5, 0.6) is 0 Å². The molecule has 2 saturated carbocycles. The zero-order valence-corrected chi connectivity index (χ0v) is 12.0. The van der Waals surface area contributed by atoms with Gasteiger partial charge in [-0.1, -0.05) is 12.1 Å². The molecule has 2 nitrogen and oxygen atoms in total. The Labute approximate surface area is 115 Å². The Bertz CT molecular complexity index is 486. The van der Waals surface area contributed by atoms with Gasteiger partial charge in [-0.05, 0) is 62.6 Å². The molecule has 0 aromatic heterocycles. The number of hydrogen-bond donors (Lipinski definition) is 0. The van der Waals surface area contributed by atoms with E-state index in [4.69, 9.17) is 0 Å². The van der Waals surface area contributed by atoms with Gasteiger partial charge in [0.25, 0.3) is 0 Å². The molecule has 1 aromatic rings. The quantitative estimate of drug-likeness (QED) is 0.728. The summed E-state index contributed by atoms with van der Waals surface area (Å²) in [7, 11) is 0. The summed E-state index contributed by atoms with van der Waals surface area (Å²) < 4.78 is 0. The van der Waals surface area contributed by atoms with E-state index >= 15 is 0 Å².